The highest BCUT2D eigenvalue weighted by atomic mass is 32.1. The summed E-state index contributed by atoms with van der Waals surface area (Å²) in [7, 11) is 0. The van der Waals surface area contributed by atoms with Crippen LogP contribution >= 0.6 is 12.2 Å². The van der Waals surface area contributed by atoms with Crippen LogP contribution in [0.5, 0.6) is 0 Å². The Morgan fingerprint density at radius 3 is 2.90 bits per heavy atom. The molecule has 0 saturated carbocycles. The molecule has 0 bridgehead atoms. The van der Waals surface area contributed by atoms with Crippen molar-refractivity contribution in [3.05, 3.63) is 35.5 Å². The van der Waals surface area contributed by atoms with Crippen LogP contribution in [0.15, 0.2) is 24.3 Å². The Morgan fingerprint density at radius 1 is 1.40 bits per heavy atom. The largest absolute Gasteiger partial charge is 0.390 e. The van der Waals surface area contributed by atoms with Gasteiger partial charge in [-0.05, 0) is 30.7 Å². The third-order valence-corrected chi connectivity index (χ3v) is 3.31. The SMILES string of the molecule is CC(=N)CC(=S)CNCc1ccc2[nH]c(CO)cc2c1. The van der Waals surface area contributed by atoms with Crippen LogP contribution in [0, 0.1) is 5.41 Å². The first-order chi connectivity index (χ1) is 9.58. The second-order valence-corrected chi connectivity index (χ2v) is 5.55. The first kappa shape index (κ1) is 14.8. The van der Waals surface area contributed by atoms with E-state index in [0.29, 0.717) is 18.7 Å². The summed E-state index contributed by atoms with van der Waals surface area (Å²) in [5.74, 6) is 0. The number of nitrogens with one attached hydrogen (secondary N) is 3. The summed E-state index contributed by atoms with van der Waals surface area (Å²) in [6.07, 6.45) is 0.582. The van der Waals surface area contributed by atoms with Gasteiger partial charge < -0.3 is 20.8 Å². The van der Waals surface area contributed by atoms with E-state index in [2.05, 4.69) is 22.4 Å². The van der Waals surface area contributed by atoms with E-state index in [-0.39, 0.29) is 6.61 Å². The minimum absolute atomic E-state index is 0.0273. The number of hydrogen-bond donors (Lipinski definition) is 4. The third kappa shape index (κ3) is 3.96. The fraction of sp³-hybridized carbons (Fsp3) is 0.333. The summed E-state index contributed by atoms with van der Waals surface area (Å²) < 4.78 is 0. The zero-order chi connectivity index (χ0) is 14.5. The molecule has 5 heteroatoms. The molecule has 0 spiro atoms. The van der Waals surface area contributed by atoms with E-state index in [0.717, 1.165) is 28.0 Å². The normalized spacial score (nSPS) is 10.9. The molecule has 4 N–H and O–H groups in total. The molecule has 0 amide bonds. The summed E-state index contributed by atoms with van der Waals surface area (Å²) in [6.45, 7) is 3.19. The number of aliphatic hydroxyl groups excluding tert-OH is 1. The van der Waals surface area contributed by atoms with Crippen LogP contribution in [0.3, 0.4) is 0 Å². The molecule has 0 atom stereocenters. The number of fused-ring (bicyclic) bond motifs is 1. The fourth-order valence-corrected chi connectivity index (χ4v) is 2.46. The van der Waals surface area contributed by atoms with Crippen LogP contribution in [0.4, 0.5) is 0 Å². The van der Waals surface area contributed by atoms with E-state index < -0.39 is 0 Å². The second-order valence-electron chi connectivity index (χ2n) is 4.97. The molecule has 2 rings (SSSR count). The molecular weight excluding hydrogens is 270 g/mol. The van der Waals surface area contributed by atoms with Gasteiger partial charge in [0, 0.05) is 46.7 Å². The van der Waals surface area contributed by atoms with Gasteiger partial charge in [0.2, 0.25) is 0 Å². The Bertz CT molecular complexity index is 633. The van der Waals surface area contributed by atoms with Crippen molar-refractivity contribution < 1.29 is 5.11 Å². The van der Waals surface area contributed by atoms with E-state index in [4.69, 9.17) is 22.7 Å². The Balaban J connectivity index is 1.93. The van der Waals surface area contributed by atoms with Crippen LogP contribution < -0.4 is 5.32 Å². The predicted molar refractivity (Wildman–Crippen MR) is 86.5 cm³/mol. The minimum Gasteiger partial charge on any atom is -0.390 e. The van der Waals surface area contributed by atoms with Crippen molar-refractivity contribution in [3.63, 3.8) is 0 Å². The standard InChI is InChI=1S/C15H19N3OS/c1-10(16)4-14(20)8-17-7-11-2-3-15-12(5-11)6-13(9-19)18-15/h2-3,5-6,16-19H,4,7-9H2,1H3. The molecule has 20 heavy (non-hydrogen) atoms. The van der Waals surface area contributed by atoms with Gasteiger partial charge in [-0.1, -0.05) is 18.3 Å². The molecule has 0 fully saturated rings. The molecule has 106 valence electrons. The minimum atomic E-state index is 0.0273. The van der Waals surface area contributed by atoms with Crippen LogP contribution in [0.25, 0.3) is 10.9 Å². The highest BCUT2D eigenvalue weighted by Crippen LogP contribution is 2.17. The number of aromatic amines is 1. The van der Waals surface area contributed by atoms with Crippen molar-refractivity contribution in [2.24, 2.45) is 0 Å². The van der Waals surface area contributed by atoms with Crippen LogP contribution in [0.1, 0.15) is 24.6 Å². The molecule has 4 nitrogen and oxygen atoms in total. The summed E-state index contributed by atoms with van der Waals surface area (Å²) >= 11 is 5.21. The molecule has 1 aromatic heterocycles. The molecule has 0 unspecified atom stereocenters. The smallest absolute Gasteiger partial charge is 0.0831 e. The van der Waals surface area contributed by atoms with Gasteiger partial charge in [0.25, 0.3) is 0 Å². The highest BCUT2D eigenvalue weighted by molar-refractivity contribution is 7.80. The zero-order valence-electron chi connectivity index (χ0n) is 11.5. The molecule has 0 aliphatic rings. The highest BCUT2D eigenvalue weighted by Gasteiger charge is 2.02. The van der Waals surface area contributed by atoms with Gasteiger partial charge in [-0.25, -0.2) is 0 Å². The first-order valence-corrected chi connectivity index (χ1v) is 6.97. The van der Waals surface area contributed by atoms with E-state index >= 15 is 0 Å². The van der Waals surface area contributed by atoms with Gasteiger partial charge in [0.15, 0.2) is 0 Å². The summed E-state index contributed by atoms with van der Waals surface area (Å²) in [5.41, 5.74) is 3.64. The lowest BCUT2D eigenvalue weighted by molar-refractivity contribution is 0.278. The lowest BCUT2D eigenvalue weighted by Crippen LogP contribution is -2.22. The number of hydrogen-bond acceptors (Lipinski definition) is 4. The summed E-state index contributed by atoms with van der Waals surface area (Å²) in [4.78, 5) is 4.02. The predicted octanol–water partition coefficient (Wildman–Crippen LogP) is 2.55. The van der Waals surface area contributed by atoms with Crippen molar-refractivity contribution in [1.29, 1.82) is 5.41 Å². The maximum absolute atomic E-state index is 9.11. The molecule has 1 aromatic carbocycles. The Hall–Kier alpha value is -1.56. The van der Waals surface area contributed by atoms with Crippen molar-refractivity contribution >= 4 is 33.7 Å². The van der Waals surface area contributed by atoms with Crippen molar-refractivity contribution in [2.75, 3.05) is 6.54 Å². The van der Waals surface area contributed by atoms with E-state index in [1.807, 2.05) is 12.1 Å². The lowest BCUT2D eigenvalue weighted by Gasteiger charge is -2.06. The van der Waals surface area contributed by atoms with Crippen LogP contribution in [0.2, 0.25) is 0 Å². The van der Waals surface area contributed by atoms with Gasteiger partial charge >= 0.3 is 0 Å². The molecule has 0 radical (unpaired) electrons. The monoisotopic (exact) mass is 289 g/mol. The van der Waals surface area contributed by atoms with Crippen molar-refractivity contribution in [2.45, 2.75) is 26.5 Å². The average Bonchev–Trinajstić information content (AvgIpc) is 2.80. The summed E-state index contributed by atoms with van der Waals surface area (Å²) in [6, 6.07) is 8.13. The number of benzene rings is 1. The first-order valence-electron chi connectivity index (χ1n) is 6.56. The molecule has 0 aliphatic carbocycles. The van der Waals surface area contributed by atoms with Gasteiger partial charge in [-0.3, -0.25) is 0 Å². The lowest BCUT2D eigenvalue weighted by atomic mass is 10.1. The van der Waals surface area contributed by atoms with Gasteiger partial charge in [-0.15, -0.1) is 0 Å². The molecular formula is C15H19N3OS. The maximum atomic E-state index is 9.11. The average molecular weight is 289 g/mol. The number of rotatable bonds is 7. The van der Waals surface area contributed by atoms with Crippen molar-refractivity contribution in [3.8, 4) is 0 Å². The second kappa shape index (κ2) is 6.74. The Morgan fingerprint density at radius 2 is 2.20 bits per heavy atom. The zero-order valence-corrected chi connectivity index (χ0v) is 12.3. The van der Waals surface area contributed by atoms with Gasteiger partial charge in [0.05, 0.1) is 6.61 Å². The Kier molecular flexibility index (Phi) is 5.00. The van der Waals surface area contributed by atoms with Crippen LogP contribution in [-0.2, 0) is 13.2 Å². The number of aliphatic hydroxyl groups is 1. The molecule has 0 aliphatic heterocycles. The number of thiocarbonyl (C=S) groups is 1. The van der Waals surface area contributed by atoms with Gasteiger partial charge in [-0.2, -0.15) is 0 Å². The van der Waals surface area contributed by atoms with Crippen LogP contribution in [-0.4, -0.2) is 27.2 Å². The topological polar surface area (TPSA) is 71.9 Å². The van der Waals surface area contributed by atoms with E-state index in [1.165, 1.54) is 5.56 Å². The molecule has 0 saturated heterocycles. The molecule has 2 aromatic rings. The Labute approximate surface area is 123 Å². The maximum Gasteiger partial charge on any atom is 0.0831 e. The number of H-pyrrole nitrogens is 1. The van der Waals surface area contributed by atoms with Gasteiger partial charge in [0.1, 0.15) is 0 Å². The third-order valence-electron chi connectivity index (χ3n) is 3.02. The van der Waals surface area contributed by atoms with E-state index in [1.54, 1.807) is 6.92 Å². The number of aromatic nitrogens is 1. The fourth-order valence-electron chi connectivity index (χ4n) is 2.14. The van der Waals surface area contributed by atoms with Crippen molar-refractivity contribution in [1.82, 2.24) is 10.3 Å². The molecule has 1 heterocycles. The van der Waals surface area contributed by atoms with E-state index in [9.17, 15) is 0 Å². The quantitative estimate of drug-likeness (QED) is 0.467. The summed E-state index contributed by atoms with van der Waals surface area (Å²) in [5, 5.41) is 20.9.